The Morgan fingerprint density at radius 2 is 2.25 bits per heavy atom. The molecule has 0 aromatic rings. The van der Waals surface area contributed by atoms with Crippen molar-refractivity contribution in [2.24, 2.45) is 5.18 Å². The molecule has 0 radical (unpaired) electrons. The Morgan fingerprint density at radius 3 is 2.67 bits per heavy atom. The molecule has 2 rings (SSSR count). The SMILES string of the molecule is O=NC1CCC(N2NON2)NC1. The van der Waals surface area contributed by atoms with Crippen LogP contribution < -0.4 is 16.5 Å². The molecule has 2 unspecified atom stereocenters. The molecule has 2 heterocycles. The monoisotopic (exact) mass is 173 g/mol. The van der Waals surface area contributed by atoms with Crippen LogP contribution in [0.2, 0.25) is 0 Å². The van der Waals surface area contributed by atoms with E-state index in [2.05, 4.69) is 26.6 Å². The van der Waals surface area contributed by atoms with Crippen molar-refractivity contribution in [3.05, 3.63) is 4.91 Å². The summed E-state index contributed by atoms with van der Waals surface area (Å²) >= 11 is 0. The fraction of sp³-hybridized carbons (Fsp3) is 1.00. The van der Waals surface area contributed by atoms with Crippen molar-refractivity contribution >= 4 is 0 Å². The molecular formula is C5H11N5O2. The van der Waals surface area contributed by atoms with Gasteiger partial charge < -0.3 is 0 Å². The molecule has 12 heavy (non-hydrogen) atoms. The van der Waals surface area contributed by atoms with E-state index in [1.807, 2.05) is 0 Å². The van der Waals surface area contributed by atoms with Crippen molar-refractivity contribution in [1.29, 1.82) is 0 Å². The quantitative estimate of drug-likeness (QED) is 0.465. The predicted molar refractivity (Wildman–Crippen MR) is 39.8 cm³/mol. The average Bonchev–Trinajstić information content (AvgIpc) is 2.03. The van der Waals surface area contributed by atoms with Crippen molar-refractivity contribution in [3.63, 3.8) is 0 Å². The maximum absolute atomic E-state index is 10.2. The molecule has 0 bridgehead atoms. The first-order valence-electron chi connectivity index (χ1n) is 3.92. The van der Waals surface area contributed by atoms with Gasteiger partial charge in [-0.25, -0.2) is 0 Å². The summed E-state index contributed by atoms with van der Waals surface area (Å²) in [4.78, 5) is 14.7. The van der Waals surface area contributed by atoms with E-state index in [0.717, 1.165) is 12.8 Å². The maximum Gasteiger partial charge on any atom is 0.104 e. The molecular weight excluding hydrogens is 162 g/mol. The van der Waals surface area contributed by atoms with Crippen molar-refractivity contribution in [2.75, 3.05) is 6.54 Å². The zero-order chi connectivity index (χ0) is 8.39. The van der Waals surface area contributed by atoms with Gasteiger partial charge in [0, 0.05) is 6.54 Å². The van der Waals surface area contributed by atoms with Crippen molar-refractivity contribution in [3.8, 4) is 0 Å². The molecule has 0 saturated carbocycles. The topological polar surface area (TPSA) is 78.0 Å². The summed E-state index contributed by atoms with van der Waals surface area (Å²) in [6.07, 6.45) is 1.87. The molecule has 7 nitrogen and oxygen atoms in total. The Morgan fingerprint density at radius 1 is 1.42 bits per heavy atom. The van der Waals surface area contributed by atoms with Crippen LogP contribution in [-0.4, -0.2) is 23.9 Å². The van der Waals surface area contributed by atoms with Crippen molar-refractivity contribution in [1.82, 2.24) is 21.6 Å². The van der Waals surface area contributed by atoms with Gasteiger partial charge in [0.2, 0.25) is 0 Å². The van der Waals surface area contributed by atoms with Gasteiger partial charge in [-0.15, -0.1) is 5.12 Å². The van der Waals surface area contributed by atoms with E-state index >= 15 is 0 Å². The first kappa shape index (κ1) is 8.02. The lowest BCUT2D eigenvalue weighted by Crippen LogP contribution is -2.70. The number of hydrazine groups is 2. The third-order valence-electron chi connectivity index (χ3n) is 2.11. The number of nitroso groups, excluding NO2 is 1. The van der Waals surface area contributed by atoms with Gasteiger partial charge in [0.1, 0.15) is 6.04 Å². The van der Waals surface area contributed by atoms with E-state index in [-0.39, 0.29) is 12.2 Å². The lowest BCUT2D eigenvalue weighted by atomic mass is 10.1. The molecule has 0 aromatic heterocycles. The average molecular weight is 173 g/mol. The maximum atomic E-state index is 10.2. The molecule has 3 N–H and O–H groups in total. The lowest BCUT2D eigenvalue weighted by molar-refractivity contribution is -0.358. The van der Waals surface area contributed by atoms with Gasteiger partial charge in [0.15, 0.2) is 0 Å². The summed E-state index contributed by atoms with van der Waals surface area (Å²) in [6.45, 7) is 0.633. The zero-order valence-electron chi connectivity index (χ0n) is 6.49. The molecule has 2 aliphatic rings. The van der Waals surface area contributed by atoms with Crippen LogP contribution in [0.3, 0.4) is 0 Å². The molecule has 0 aromatic carbocycles. The summed E-state index contributed by atoms with van der Waals surface area (Å²) < 4.78 is 0. The summed E-state index contributed by atoms with van der Waals surface area (Å²) in [5, 5.41) is 7.84. The summed E-state index contributed by atoms with van der Waals surface area (Å²) in [7, 11) is 0. The van der Waals surface area contributed by atoms with Crippen molar-refractivity contribution in [2.45, 2.75) is 25.0 Å². The molecule has 7 heteroatoms. The molecule has 0 amide bonds. The third kappa shape index (κ3) is 1.45. The Hall–Kier alpha value is -0.600. The highest BCUT2D eigenvalue weighted by molar-refractivity contribution is 4.79. The van der Waals surface area contributed by atoms with Gasteiger partial charge in [-0.2, -0.15) is 9.85 Å². The molecule has 68 valence electrons. The summed E-state index contributed by atoms with van der Waals surface area (Å²) in [5.74, 6) is 0. The number of nitrogens with one attached hydrogen (secondary N) is 3. The summed E-state index contributed by atoms with van der Waals surface area (Å²) in [6, 6.07) is -0.0801. The first-order chi connectivity index (χ1) is 5.90. The minimum Gasteiger partial charge on any atom is -0.297 e. The second-order valence-corrected chi connectivity index (χ2v) is 2.92. The highest BCUT2D eigenvalue weighted by Crippen LogP contribution is 2.13. The Bertz CT molecular complexity index is 165. The van der Waals surface area contributed by atoms with E-state index in [0.29, 0.717) is 6.54 Å². The van der Waals surface area contributed by atoms with Crippen LogP contribution in [0.25, 0.3) is 0 Å². The molecule has 2 fully saturated rings. The Labute approximate surface area is 69.3 Å². The van der Waals surface area contributed by atoms with E-state index < -0.39 is 0 Å². The van der Waals surface area contributed by atoms with Crippen molar-refractivity contribution < 1.29 is 4.94 Å². The van der Waals surface area contributed by atoms with Crippen LogP contribution in [0.15, 0.2) is 5.18 Å². The van der Waals surface area contributed by atoms with Gasteiger partial charge >= 0.3 is 0 Å². The third-order valence-corrected chi connectivity index (χ3v) is 2.11. The largest absolute Gasteiger partial charge is 0.297 e. The standard InChI is InChI=1S/C5H11N5O2/c11-7-4-1-2-5(6-3-4)10-8-12-9-10/h4-6,8-9H,1-3H2. The number of hydrogen-bond acceptors (Lipinski definition) is 7. The second kappa shape index (κ2) is 3.42. The van der Waals surface area contributed by atoms with E-state index in [9.17, 15) is 4.91 Å². The van der Waals surface area contributed by atoms with E-state index in [4.69, 9.17) is 0 Å². The van der Waals surface area contributed by atoms with Crippen LogP contribution in [0.5, 0.6) is 0 Å². The van der Waals surface area contributed by atoms with Gasteiger partial charge in [0.05, 0.1) is 6.17 Å². The second-order valence-electron chi connectivity index (χ2n) is 2.92. The van der Waals surface area contributed by atoms with E-state index in [1.165, 1.54) is 0 Å². The Kier molecular flexibility index (Phi) is 2.28. The summed E-state index contributed by atoms with van der Waals surface area (Å²) in [5.41, 5.74) is 5.20. The lowest BCUT2D eigenvalue weighted by Gasteiger charge is -2.39. The number of nitrogens with zero attached hydrogens (tertiary/aromatic N) is 2. The zero-order valence-corrected chi connectivity index (χ0v) is 6.49. The van der Waals surface area contributed by atoms with Crippen LogP contribution in [0, 0.1) is 4.91 Å². The van der Waals surface area contributed by atoms with Crippen LogP contribution in [0.1, 0.15) is 12.8 Å². The number of piperidine rings is 1. The van der Waals surface area contributed by atoms with Gasteiger partial charge in [0.25, 0.3) is 0 Å². The van der Waals surface area contributed by atoms with Crippen LogP contribution in [-0.2, 0) is 4.94 Å². The Balaban J connectivity index is 1.77. The normalized spacial score (nSPS) is 37.3. The first-order valence-corrected chi connectivity index (χ1v) is 3.92. The molecule has 2 aliphatic heterocycles. The van der Waals surface area contributed by atoms with Gasteiger partial charge in [-0.3, -0.25) is 5.32 Å². The van der Waals surface area contributed by atoms with Crippen LogP contribution in [0.4, 0.5) is 0 Å². The molecule has 2 saturated heterocycles. The molecule has 2 atom stereocenters. The molecule has 0 aliphatic carbocycles. The predicted octanol–water partition coefficient (Wildman–Crippen LogP) is -0.998. The highest BCUT2D eigenvalue weighted by atomic mass is 16.9. The number of rotatable bonds is 2. The minimum atomic E-state index is -0.0801. The van der Waals surface area contributed by atoms with Gasteiger partial charge in [-0.05, 0) is 12.8 Å². The van der Waals surface area contributed by atoms with Crippen LogP contribution >= 0.6 is 0 Å². The molecule has 0 spiro atoms. The fourth-order valence-electron chi connectivity index (χ4n) is 1.36. The number of hydrogen-bond donors (Lipinski definition) is 3. The minimum absolute atomic E-state index is 0.0801. The van der Waals surface area contributed by atoms with E-state index in [1.54, 1.807) is 5.12 Å². The van der Waals surface area contributed by atoms with Gasteiger partial charge in [-0.1, -0.05) is 16.4 Å². The smallest absolute Gasteiger partial charge is 0.104 e. The fourth-order valence-corrected chi connectivity index (χ4v) is 1.36. The highest BCUT2D eigenvalue weighted by Gasteiger charge is 2.29.